The lowest BCUT2D eigenvalue weighted by Crippen LogP contribution is -1.97. The maximum Gasteiger partial charge on any atom is 0.185 e. The van der Waals surface area contributed by atoms with E-state index in [2.05, 4.69) is 30.8 Å². The van der Waals surface area contributed by atoms with Crippen molar-refractivity contribution in [2.24, 2.45) is 0 Å². The summed E-state index contributed by atoms with van der Waals surface area (Å²) in [5.41, 5.74) is 4.21. The van der Waals surface area contributed by atoms with E-state index in [1.807, 2.05) is 66.7 Å². The highest BCUT2D eigenvalue weighted by Gasteiger charge is 2.00. The molecule has 0 fully saturated rings. The molecule has 3 aromatic carbocycles. The number of hydrogen-bond donors (Lipinski definition) is 0. The van der Waals surface area contributed by atoms with E-state index in [0.717, 1.165) is 36.3 Å². The Labute approximate surface area is 185 Å². The minimum absolute atomic E-state index is 0.0300. The standard InChI is InChI=1S/C29H30O2/c1-2-24-17-20-28(21-18-24)31-23-9-4-3-6-10-25-13-15-26(16-14-25)19-22-29(30)27-11-7-5-8-12-27/h2,5,7-8,11-22H,1,3-4,6,9-10,23H2. The summed E-state index contributed by atoms with van der Waals surface area (Å²) in [5.74, 6) is 0.952. The van der Waals surface area contributed by atoms with Crippen LogP contribution in [-0.4, -0.2) is 12.4 Å². The van der Waals surface area contributed by atoms with Gasteiger partial charge < -0.3 is 4.74 Å². The molecule has 0 spiro atoms. The van der Waals surface area contributed by atoms with Gasteiger partial charge in [-0.1, -0.05) is 98.3 Å². The van der Waals surface area contributed by atoms with Crippen molar-refractivity contribution in [3.8, 4) is 5.75 Å². The van der Waals surface area contributed by atoms with Crippen molar-refractivity contribution in [2.45, 2.75) is 32.1 Å². The van der Waals surface area contributed by atoms with Gasteiger partial charge >= 0.3 is 0 Å². The third kappa shape index (κ3) is 7.75. The number of ether oxygens (including phenoxy) is 1. The van der Waals surface area contributed by atoms with Crippen molar-refractivity contribution < 1.29 is 9.53 Å². The molecule has 0 saturated carbocycles. The summed E-state index contributed by atoms with van der Waals surface area (Å²) in [5, 5.41) is 0. The van der Waals surface area contributed by atoms with Gasteiger partial charge in [-0.3, -0.25) is 4.79 Å². The summed E-state index contributed by atoms with van der Waals surface area (Å²) in [7, 11) is 0. The molecule has 0 aliphatic heterocycles. The molecular formula is C29H30O2. The molecular weight excluding hydrogens is 380 g/mol. The van der Waals surface area contributed by atoms with Crippen LogP contribution in [0.25, 0.3) is 12.2 Å². The number of unbranched alkanes of at least 4 members (excludes halogenated alkanes) is 3. The second kappa shape index (κ2) is 12.3. The molecule has 0 saturated heterocycles. The van der Waals surface area contributed by atoms with Gasteiger partial charge in [0.2, 0.25) is 0 Å². The smallest absolute Gasteiger partial charge is 0.185 e. The molecule has 0 heterocycles. The first-order valence-corrected chi connectivity index (χ1v) is 11.0. The lowest BCUT2D eigenvalue weighted by atomic mass is 10.0. The van der Waals surface area contributed by atoms with E-state index in [1.165, 1.54) is 24.8 Å². The first-order valence-electron chi connectivity index (χ1n) is 11.0. The lowest BCUT2D eigenvalue weighted by molar-refractivity contribution is 0.104. The largest absolute Gasteiger partial charge is 0.494 e. The van der Waals surface area contributed by atoms with Crippen molar-refractivity contribution >= 4 is 17.9 Å². The van der Waals surface area contributed by atoms with Gasteiger partial charge in [-0.25, -0.2) is 0 Å². The van der Waals surface area contributed by atoms with E-state index in [-0.39, 0.29) is 5.78 Å². The average Bonchev–Trinajstić information content (AvgIpc) is 2.83. The number of allylic oxidation sites excluding steroid dienone is 1. The molecule has 2 nitrogen and oxygen atoms in total. The summed E-state index contributed by atoms with van der Waals surface area (Å²) >= 11 is 0. The Kier molecular flexibility index (Phi) is 8.88. The Hall–Kier alpha value is -3.39. The molecule has 0 unspecified atom stereocenters. The zero-order chi connectivity index (χ0) is 21.7. The highest BCUT2D eigenvalue weighted by Crippen LogP contribution is 2.15. The third-order valence-electron chi connectivity index (χ3n) is 5.21. The van der Waals surface area contributed by atoms with Crippen molar-refractivity contribution in [3.63, 3.8) is 0 Å². The molecule has 0 bridgehead atoms. The highest BCUT2D eigenvalue weighted by atomic mass is 16.5. The van der Waals surface area contributed by atoms with Crippen LogP contribution in [0.5, 0.6) is 5.75 Å². The van der Waals surface area contributed by atoms with Crippen LogP contribution in [0, 0.1) is 0 Å². The third-order valence-corrected chi connectivity index (χ3v) is 5.21. The van der Waals surface area contributed by atoms with Crippen LogP contribution >= 0.6 is 0 Å². The Morgan fingerprint density at radius 3 is 2.16 bits per heavy atom. The Morgan fingerprint density at radius 2 is 1.45 bits per heavy atom. The predicted molar refractivity (Wildman–Crippen MR) is 130 cm³/mol. The molecule has 3 rings (SSSR count). The Morgan fingerprint density at radius 1 is 0.774 bits per heavy atom. The fraction of sp³-hybridized carbons (Fsp3) is 0.207. The maximum absolute atomic E-state index is 12.1. The molecule has 3 aromatic rings. The van der Waals surface area contributed by atoms with Crippen molar-refractivity contribution in [1.29, 1.82) is 0 Å². The number of benzene rings is 3. The summed E-state index contributed by atoms with van der Waals surface area (Å²) in [6.45, 7) is 4.52. The first kappa shape index (κ1) is 22.3. The summed E-state index contributed by atoms with van der Waals surface area (Å²) < 4.78 is 5.79. The number of hydrogen-bond acceptors (Lipinski definition) is 2. The lowest BCUT2D eigenvalue weighted by Gasteiger charge is -2.07. The van der Waals surface area contributed by atoms with E-state index in [9.17, 15) is 4.79 Å². The summed E-state index contributed by atoms with van der Waals surface area (Å²) in [6, 6.07) is 25.8. The zero-order valence-corrected chi connectivity index (χ0v) is 18.0. The molecule has 158 valence electrons. The molecule has 0 N–H and O–H groups in total. The van der Waals surface area contributed by atoms with Crippen LogP contribution in [-0.2, 0) is 6.42 Å². The first-order chi connectivity index (χ1) is 15.2. The van der Waals surface area contributed by atoms with Gasteiger partial charge in [0.15, 0.2) is 5.78 Å². The minimum Gasteiger partial charge on any atom is -0.494 e. The molecule has 0 aromatic heterocycles. The van der Waals surface area contributed by atoms with E-state index in [0.29, 0.717) is 5.56 Å². The normalized spacial score (nSPS) is 10.8. The second-order valence-corrected chi connectivity index (χ2v) is 7.59. The van der Waals surface area contributed by atoms with Crippen LogP contribution in [0.2, 0.25) is 0 Å². The monoisotopic (exact) mass is 410 g/mol. The quantitative estimate of drug-likeness (QED) is 0.176. The van der Waals surface area contributed by atoms with E-state index < -0.39 is 0 Å². The number of rotatable bonds is 12. The van der Waals surface area contributed by atoms with E-state index >= 15 is 0 Å². The van der Waals surface area contributed by atoms with E-state index in [1.54, 1.807) is 6.08 Å². The van der Waals surface area contributed by atoms with Gasteiger partial charge in [0.25, 0.3) is 0 Å². The number of carbonyl (C=O) groups excluding carboxylic acids is 1. The van der Waals surface area contributed by atoms with E-state index in [4.69, 9.17) is 4.74 Å². The Balaban J connectivity index is 1.30. The van der Waals surface area contributed by atoms with Crippen LogP contribution in [0.4, 0.5) is 0 Å². The Bertz CT molecular complexity index is 968. The van der Waals surface area contributed by atoms with Crippen LogP contribution in [0.1, 0.15) is 52.7 Å². The van der Waals surface area contributed by atoms with Crippen LogP contribution in [0.3, 0.4) is 0 Å². The van der Waals surface area contributed by atoms with Gasteiger partial charge in [0, 0.05) is 5.56 Å². The maximum atomic E-state index is 12.1. The zero-order valence-electron chi connectivity index (χ0n) is 18.0. The summed E-state index contributed by atoms with van der Waals surface area (Å²) in [4.78, 5) is 12.1. The molecule has 0 atom stereocenters. The fourth-order valence-electron chi connectivity index (χ4n) is 3.34. The van der Waals surface area contributed by atoms with Crippen molar-refractivity contribution in [1.82, 2.24) is 0 Å². The van der Waals surface area contributed by atoms with Crippen LogP contribution < -0.4 is 4.74 Å². The second-order valence-electron chi connectivity index (χ2n) is 7.59. The minimum atomic E-state index is 0.0300. The van der Waals surface area contributed by atoms with Gasteiger partial charge in [-0.15, -0.1) is 0 Å². The number of aryl methyl sites for hydroxylation is 1. The molecule has 0 radical (unpaired) electrons. The molecule has 0 aliphatic carbocycles. The van der Waals surface area contributed by atoms with Crippen LogP contribution in [0.15, 0.2) is 91.5 Å². The average molecular weight is 411 g/mol. The van der Waals surface area contributed by atoms with Gasteiger partial charge in [0.1, 0.15) is 5.75 Å². The number of carbonyl (C=O) groups is 1. The predicted octanol–water partition coefficient (Wildman–Crippen LogP) is 7.41. The molecule has 31 heavy (non-hydrogen) atoms. The molecule has 0 aliphatic rings. The fourth-order valence-corrected chi connectivity index (χ4v) is 3.34. The van der Waals surface area contributed by atoms with Gasteiger partial charge in [-0.2, -0.15) is 0 Å². The van der Waals surface area contributed by atoms with Gasteiger partial charge in [0.05, 0.1) is 6.61 Å². The summed E-state index contributed by atoms with van der Waals surface area (Å²) in [6.07, 6.45) is 11.1. The highest BCUT2D eigenvalue weighted by molar-refractivity contribution is 6.06. The molecule has 0 amide bonds. The topological polar surface area (TPSA) is 26.3 Å². The van der Waals surface area contributed by atoms with Gasteiger partial charge in [-0.05, 0) is 54.2 Å². The molecule has 2 heteroatoms. The van der Waals surface area contributed by atoms with Crippen molar-refractivity contribution in [2.75, 3.05) is 6.61 Å². The SMILES string of the molecule is C=Cc1ccc(OCCCCCCc2ccc(C=CC(=O)c3ccccc3)cc2)cc1. The van der Waals surface area contributed by atoms with Crippen molar-refractivity contribution in [3.05, 3.63) is 114 Å². The number of ketones is 1.